The highest BCUT2D eigenvalue weighted by Crippen LogP contribution is 2.26. The molecule has 5 nitrogen and oxygen atoms in total. The van der Waals surface area contributed by atoms with Crippen LogP contribution in [0.3, 0.4) is 0 Å². The van der Waals surface area contributed by atoms with Crippen LogP contribution in [0.15, 0.2) is 29.4 Å². The molecule has 3 rings (SSSR count). The van der Waals surface area contributed by atoms with Crippen molar-refractivity contribution in [3.05, 3.63) is 30.1 Å². The number of rotatable bonds is 6. The van der Waals surface area contributed by atoms with E-state index in [2.05, 4.69) is 15.5 Å². The van der Waals surface area contributed by atoms with E-state index in [4.69, 9.17) is 0 Å². The van der Waals surface area contributed by atoms with Crippen LogP contribution in [0.4, 0.5) is 4.39 Å². The van der Waals surface area contributed by atoms with Gasteiger partial charge in [0.2, 0.25) is 5.91 Å². The third kappa shape index (κ3) is 4.63. The highest BCUT2D eigenvalue weighted by atomic mass is 32.2. The summed E-state index contributed by atoms with van der Waals surface area (Å²) in [4.78, 5) is 12.4. The van der Waals surface area contributed by atoms with E-state index in [0.717, 1.165) is 12.1 Å². The fraction of sp³-hybridized carbons (Fsp3) is 0.526. The molecule has 26 heavy (non-hydrogen) atoms. The zero-order valence-corrected chi connectivity index (χ0v) is 16.1. The van der Waals surface area contributed by atoms with Crippen LogP contribution < -0.4 is 5.32 Å². The van der Waals surface area contributed by atoms with Crippen LogP contribution in [0.25, 0.3) is 11.4 Å². The Kier molecular flexibility index (Phi) is 6.29. The van der Waals surface area contributed by atoms with Crippen LogP contribution in [0.2, 0.25) is 0 Å². The van der Waals surface area contributed by atoms with Gasteiger partial charge >= 0.3 is 0 Å². The second kappa shape index (κ2) is 8.66. The first-order chi connectivity index (χ1) is 12.5. The molecule has 0 bridgehead atoms. The molecule has 1 aromatic heterocycles. The molecule has 1 fully saturated rings. The highest BCUT2D eigenvalue weighted by Gasteiger charge is 2.21. The first kappa shape index (κ1) is 18.9. The topological polar surface area (TPSA) is 59.8 Å². The molecule has 1 amide bonds. The first-order valence-electron chi connectivity index (χ1n) is 9.14. The molecule has 0 aliphatic heterocycles. The third-order valence-electron chi connectivity index (χ3n) is 4.88. The third-order valence-corrected chi connectivity index (χ3v) is 6.01. The van der Waals surface area contributed by atoms with Gasteiger partial charge < -0.3 is 9.88 Å². The fourth-order valence-electron chi connectivity index (χ4n) is 3.26. The number of aromatic nitrogens is 3. The minimum Gasteiger partial charge on any atom is -0.355 e. The zero-order valence-electron chi connectivity index (χ0n) is 15.2. The molecule has 0 saturated heterocycles. The molecule has 1 atom stereocenters. The Labute approximate surface area is 157 Å². The van der Waals surface area contributed by atoms with Gasteiger partial charge in [0, 0.05) is 19.2 Å². The van der Waals surface area contributed by atoms with Crippen molar-refractivity contribution in [2.24, 2.45) is 13.0 Å². The lowest BCUT2D eigenvalue weighted by Crippen LogP contribution is -2.35. The van der Waals surface area contributed by atoms with Gasteiger partial charge in [-0.2, -0.15) is 0 Å². The molecule has 1 aliphatic rings. The van der Waals surface area contributed by atoms with Gasteiger partial charge in [0.25, 0.3) is 0 Å². The number of nitrogens with one attached hydrogen (secondary N) is 1. The summed E-state index contributed by atoms with van der Waals surface area (Å²) >= 11 is 1.39. The smallest absolute Gasteiger partial charge is 0.233 e. The van der Waals surface area contributed by atoms with Crippen LogP contribution in [-0.2, 0) is 11.8 Å². The summed E-state index contributed by atoms with van der Waals surface area (Å²) in [7, 11) is 1.85. The fourth-order valence-corrected chi connectivity index (χ4v) is 4.10. The number of halogens is 1. The molecular formula is C19H25FN4OS. The number of hydrogen-bond acceptors (Lipinski definition) is 4. The minimum atomic E-state index is -0.284. The van der Waals surface area contributed by atoms with E-state index in [1.54, 1.807) is 12.1 Å². The molecule has 1 aliphatic carbocycles. The van der Waals surface area contributed by atoms with Crippen molar-refractivity contribution in [2.45, 2.75) is 49.4 Å². The van der Waals surface area contributed by atoms with Gasteiger partial charge in [0.1, 0.15) is 5.82 Å². The normalized spacial score (nSPS) is 16.4. The van der Waals surface area contributed by atoms with Crippen molar-refractivity contribution >= 4 is 17.7 Å². The van der Waals surface area contributed by atoms with Crippen LogP contribution in [0.1, 0.15) is 39.0 Å². The summed E-state index contributed by atoms with van der Waals surface area (Å²) in [6.07, 6.45) is 6.30. The Balaban J connectivity index is 1.57. The highest BCUT2D eigenvalue weighted by molar-refractivity contribution is 8.00. The summed E-state index contributed by atoms with van der Waals surface area (Å²) in [5.74, 6) is 1.02. The van der Waals surface area contributed by atoms with Gasteiger partial charge in [-0.1, -0.05) is 31.0 Å². The van der Waals surface area contributed by atoms with Gasteiger partial charge in [-0.3, -0.25) is 4.79 Å². The molecule has 0 radical (unpaired) electrons. The second-order valence-electron chi connectivity index (χ2n) is 6.88. The Morgan fingerprint density at radius 1 is 1.27 bits per heavy atom. The quantitative estimate of drug-likeness (QED) is 0.779. The maximum Gasteiger partial charge on any atom is 0.233 e. The number of amides is 1. The SMILES string of the molecule is CC(Sc1nnc(-c2ccc(F)cc2)n1C)C(=O)NCC1CCCCC1. The predicted octanol–water partition coefficient (Wildman–Crippen LogP) is 3.80. The molecule has 1 saturated carbocycles. The second-order valence-corrected chi connectivity index (χ2v) is 8.19. The maximum absolute atomic E-state index is 13.1. The van der Waals surface area contributed by atoms with Crippen molar-refractivity contribution in [1.82, 2.24) is 20.1 Å². The van der Waals surface area contributed by atoms with Gasteiger partial charge in [-0.25, -0.2) is 4.39 Å². The van der Waals surface area contributed by atoms with E-state index >= 15 is 0 Å². The molecule has 140 valence electrons. The lowest BCUT2D eigenvalue weighted by Gasteiger charge is -2.22. The number of carbonyl (C=O) groups excluding carboxylic acids is 1. The molecule has 1 N–H and O–H groups in total. The summed E-state index contributed by atoms with van der Waals surface area (Å²) in [6.45, 7) is 2.65. The number of benzene rings is 1. The van der Waals surface area contributed by atoms with Crippen molar-refractivity contribution in [1.29, 1.82) is 0 Å². The monoisotopic (exact) mass is 376 g/mol. The van der Waals surface area contributed by atoms with Crippen molar-refractivity contribution in [3.63, 3.8) is 0 Å². The lowest BCUT2D eigenvalue weighted by atomic mass is 9.89. The van der Waals surface area contributed by atoms with E-state index in [1.165, 1.54) is 56.0 Å². The van der Waals surface area contributed by atoms with E-state index in [9.17, 15) is 9.18 Å². The molecular weight excluding hydrogens is 351 g/mol. The first-order valence-corrected chi connectivity index (χ1v) is 10.0. The van der Waals surface area contributed by atoms with Crippen LogP contribution in [-0.4, -0.2) is 32.5 Å². The molecule has 1 unspecified atom stereocenters. The molecule has 1 aromatic carbocycles. The minimum absolute atomic E-state index is 0.0342. The van der Waals surface area contributed by atoms with E-state index < -0.39 is 0 Å². The van der Waals surface area contributed by atoms with Gasteiger partial charge in [-0.15, -0.1) is 10.2 Å². The van der Waals surface area contributed by atoms with Crippen LogP contribution in [0, 0.1) is 11.7 Å². The van der Waals surface area contributed by atoms with E-state index in [-0.39, 0.29) is 17.0 Å². The van der Waals surface area contributed by atoms with Crippen molar-refractivity contribution < 1.29 is 9.18 Å². The van der Waals surface area contributed by atoms with Gasteiger partial charge in [0.05, 0.1) is 5.25 Å². The molecule has 0 spiro atoms. The lowest BCUT2D eigenvalue weighted by molar-refractivity contribution is -0.120. The molecule has 7 heteroatoms. The summed E-state index contributed by atoms with van der Waals surface area (Å²) in [5, 5.41) is 11.9. The van der Waals surface area contributed by atoms with E-state index in [0.29, 0.717) is 16.9 Å². The summed E-state index contributed by atoms with van der Waals surface area (Å²) < 4.78 is 14.9. The van der Waals surface area contributed by atoms with Crippen molar-refractivity contribution in [2.75, 3.05) is 6.54 Å². The number of carbonyl (C=O) groups is 1. The van der Waals surface area contributed by atoms with Gasteiger partial charge in [-0.05, 0) is 49.9 Å². The Hall–Kier alpha value is -1.89. The molecule has 2 aromatic rings. The van der Waals surface area contributed by atoms with Crippen LogP contribution >= 0.6 is 11.8 Å². The number of nitrogens with zero attached hydrogens (tertiary/aromatic N) is 3. The summed E-state index contributed by atoms with van der Waals surface area (Å²) in [6, 6.07) is 6.15. The van der Waals surface area contributed by atoms with E-state index in [1.807, 2.05) is 18.5 Å². The standard InChI is InChI=1S/C19H25FN4OS/c1-13(18(25)21-12-14-6-4-3-5-7-14)26-19-23-22-17(24(19)2)15-8-10-16(20)11-9-15/h8-11,13-14H,3-7,12H2,1-2H3,(H,21,25). The predicted molar refractivity (Wildman–Crippen MR) is 101 cm³/mol. The van der Waals surface area contributed by atoms with Crippen molar-refractivity contribution in [3.8, 4) is 11.4 Å². The zero-order chi connectivity index (χ0) is 18.5. The number of hydrogen-bond donors (Lipinski definition) is 1. The molecule has 1 heterocycles. The number of thioether (sulfide) groups is 1. The largest absolute Gasteiger partial charge is 0.355 e. The van der Waals surface area contributed by atoms with Gasteiger partial charge in [0.15, 0.2) is 11.0 Å². The Morgan fingerprint density at radius 3 is 2.65 bits per heavy atom. The average molecular weight is 377 g/mol. The average Bonchev–Trinajstić information content (AvgIpc) is 3.01. The maximum atomic E-state index is 13.1. The Morgan fingerprint density at radius 2 is 1.96 bits per heavy atom. The summed E-state index contributed by atoms with van der Waals surface area (Å²) in [5.41, 5.74) is 0.794. The Bertz CT molecular complexity index is 740. The van der Waals surface area contributed by atoms with Crippen LogP contribution in [0.5, 0.6) is 0 Å².